The third-order valence-electron chi connectivity index (χ3n) is 1.52. The predicted octanol–water partition coefficient (Wildman–Crippen LogP) is 2.42. The number of rotatable bonds is 1. The van der Waals surface area contributed by atoms with Crippen molar-refractivity contribution in [1.82, 2.24) is 0 Å². The van der Waals surface area contributed by atoms with E-state index in [0.29, 0.717) is 0 Å². The molecule has 1 heteroatoms. The molecule has 0 aromatic heterocycles. The second kappa shape index (κ2) is 3.25. The molecule has 0 fully saturated rings. The van der Waals surface area contributed by atoms with E-state index >= 15 is 0 Å². The monoisotopic (exact) mass is 136 g/mol. The van der Waals surface area contributed by atoms with Crippen molar-refractivity contribution in [2.24, 2.45) is 0 Å². The smallest absolute Gasteiger partial charge is 0.121 e. The number of allylic oxidation sites excluding steroid dienone is 5. The molecule has 0 amide bonds. The first kappa shape index (κ1) is 7.13. The zero-order valence-corrected chi connectivity index (χ0v) is 6.42. The summed E-state index contributed by atoms with van der Waals surface area (Å²) in [4.78, 5) is 0. The molecule has 0 radical (unpaired) electrons. The van der Waals surface area contributed by atoms with Gasteiger partial charge in [-0.25, -0.2) is 0 Å². The highest BCUT2D eigenvalue weighted by molar-refractivity contribution is 5.30. The van der Waals surface area contributed by atoms with Gasteiger partial charge in [-0.05, 0) is 25.0 Å². The molecule has 0 atom stereocenters. The summed E-state index contributed by atoms with van der Waals surface area (Å²) in [6.07, 6.45) is 9.31. The molecule has 1 aliphatic rings. The van der Waals surface area contributed by atoms with Gasteiger partial charge in [0.2, 0.25) is 0 Å². The highest BCUT2D eigenvalue weighted by atomic mass is 16.5. The maximum atomic E-state index is 5.12. The second-order valence-corrected chi connectivity index (χ2v) is 2.29. The molecule has 0 N–H and O–H groups in total. The van der Waals surface area contributed by atoms with Gasteiger partial charge in [0.1, 0.15) is 5.76 Å². The van der Waals surface area contributed by atoms with Crippen LogP contribution < -0.4 is 0 Å². The van der Waals surface area contributed by atoms with Gasteiger partial charge in [-0.15, -0.1) is 0 Å². The van der Waals surface area contributed by atoms with Crippen molar-refractivity contribution < 1.29 is 4.74 Å². The maximum absolute atomic E-state index is 5.12. The average molecular weight is 136 g/mol. The predicted molar refractivity (Wildman–Crippen MR) is 42.6 cm³/mol. The molecule has 0 spiro atoms. The third kappa shape index (κ3) is 1.50. The van der Waals surface area contributed by atoms with Crippen molar-refractivity contribution in [3.63, 3.8) is 0 Å². The van der Waals surface area contributed by atoms with Crippen molar-refractivity contribution in [1.29, 1.82) is 0 Å². The molecule has 0 saturated heterocycles. The van der Waals surface area contributed by atoms with Crippen LogP contribution in [0, 0.1) is 0 Å². The van der Waals surface area contributed by atoms with Gasteiger partial charge in [-0.3, -0.25) is 0 Å². The van der Waals surface area contributed by atoms with E-state index in [2.05, 4.69) is 18.2 Å². The molecule has 0 aliphatic heterocycles. The molecule has 1 nitrogen and oxygen atoms in total. The molecule has 1 aliphatic carbocycles. The van der Waals surface area contributed by atoms with Gasteiger partial charge in [0.25, 0.3) is 0 Å². The second-order valence-electron chi connectivity index (χ2n) is 2.29. The summed E-state index contributed by atoms with van der Waals surface area (Å²) < 4.78 is 5.12. The Morgan fingerprint density at radius 3 is 2.70 bits per heavy atom. The van der Waals surface area contributed by atoms with Crippen molar-refractivity contribution in [2.75, 3.05) is 7.11 Å². The van der Waals surface area contributed by atoms with Gasteiger partial charge in [0, 0.05) is 0 Å². The van der Waals surface area contributed by atoms with Crippen LogP contribution in [0.2, 0.25) is 0 Å². The standard InChI is InChI=1S/C9H12O/c1-8-6-4-3-5-7-9(8)10-2/h4-7H,3H2,1-2H3. The van der Waals surface area contributed by atoms with Gasteiger partial charge in [-0.2, -0.15) is 0 Å². The van der Waals surface area contributed by atoms with Crippen LogP contribution in [0.15, 0.2) is 35.6 Å². The van der Waals surface area contributed by atoms with Gasteiger partial charge < -0.3 is 4.74 Å². The SMILES string of the molecule is COC1=C(C)C=CCC=C1. The minimum Gasteiger partial charge on any atom is -0.497 e. The lowest BCUT2D eigenvalue weighted by atomic mass is 10.2. The van der Waals surface area contributed by atoms with E-state index in [0.717, 1.165) is 12.2 Å². The molecule has 0 heterocycles. The summed E-state index contributed by atoms with van der Waals surface area (Å²) in [5, 5.41) is 0. The van der Waals surface area contributed by atoms with E-state index in [4.69, 9.17) is 4.74 Å². The molecule has 0 unspecified atom stereocenters. The summed E-state index contributed by atoms with van der Waals surface area (Å²) in [6.45, 7) is 2.05. The lowest BCUT2D eigenvalue weighted by Crippen LogP contribution is -1.84. The van der Waals surface area contributed by atoms with Gasteiger partial charge in [0.05, 0.1) is 7.11 Å². The third-order valence-corrected chi connectivity index (χ3v) is 1.52. The summed E-state index contributed by atoms with van der Waals surface area (Å²) in [6, 6.07) is 0. The number of hydrogen-bond acceptors (Lipinski definition) is 1. The van der Waals surface area contributed by atoms with E-state index in [1.165, 1.54) is 5.57 Å². The molecule has 1 rings (SSSR count). The largest absolute Gasteiger partial charge is 0.497 e. The van der Waals surface area contributed by atoms with Crippen LogP contribution in [-0.2, 0) is 4.74 Å². The Hall–Kier alpha value is -0.980. The molecule has 0 bridgehead atoms. The van der Waals surface area contributed by atoms with E-state index in [9.17, 15) is 0 Å². The molecule has 0 aromatic carbocycles. The first-order valence-electron chi connectivity index (χ1n) is 3.42. The van der Waals surface area contributed by atoms with Crippen LogP contribution >= 0.6 is 0 Å². The molecular formula is C9H12O. The van der Waals surface area contributed by atoms with E-state index in [-0.39, 0.29) is 0 Å². The quantitative estimate of drug-likeness (QED) is 0.538. The van der Waals surface area contributed by atoms with Gasteiger partial charge in [-0.1, -0.05) is 18.2 Å². The molecule has 0 aromatic rings. The Morgan fingerprint density at radius 1 is 1.30 bits per heavy atom. The Bertz CT molecular complexity index is 197. The van der Waals surface area contributed by atoms with E-state index in [1.54, 1.807) is 7.11 Å². The zero-order chi connectivity index (χ0) is 7.40. The topological polar surface area (TPSA) is 9.23 Å². The summed E-state index contributed by atoms with van der Waals surface area (Å²) in [5.41, 5.74) is 1.19. The first-order valence-corrected chi connectivity index (χ1v) is 3.42. The number of ether oxygens (including phenoxy) is 1. The molecule has 0 saturated carbocycles. The fourth-order valence-electron chi connectivity index (χ4n) is 0.941. The Kier molecular flexibility index (Phi) is 2.32. The van der Waals surface area contributed by atoms with Crippen LogP contribution in [0.3, 0.4) is 0 Å². The van der Waals surface area contributed by atoms with E-state index in [1.807, 2.05) is 13.0 Å². The van der Waals surface area contributed by atoms with Crippen LogP contribution in [0.25, 0.3) is 0 Å². The molecular weight excluding hydrogens is 124 g/mol. The van der Waals surface area contributed by atoms with Crippen molar-refractivity contribution in [3.05, 3.63) is 35.6 Å². The lowest BCUT2D eigenvalue weighted by Gasteiger charge is -2.00. The Labute approximate surface area is 61.7 Å². The summed E-state index contributed by atoms with van der Waals surface area (Å²) in [5.74, 6) is 0.966. The fraction of sp³-hybridized carbons (Fsp3) is 0.333. The van der Waals surface area contributed by atoms with Crippen LogP contribution in [-0.4, -0.2) is 7.11 Å². The average Bonchev–Trinajstić information content (AvgIpc) is 2.13. The van der Waals surface area contributed by atoms with Crippen LogP contribution in [0.1, 0.15) is 13.3 Å². The van der Waals surface area contributed by atoms with Crippen molar-refractivity contribution in [3.8, 4) is 0 Å². The maximum Gasteiger partial charge on any atom is 0.121 e. The minimum atomic E-state index is 0.966. The fourth-order valence-corrected chi connectivity index (χ4v) is 0.941. The highest BCUT2D eigenvalue weighted by Crippen LogP contribution is 2.11. The number of methoxy groups -OCH3 is 1. The van der Waals surface area contributed by atoms with Gasteiger partial charge >= 0.3 is 0 Å². The number of hydrogen-bond donors (Lipinski definition) is 0. The van der Waals surface area contributed by atoms with Crippen molar-refractivity contribution in [2.45, 2.75) is 13.3 Å². The summed E-state index contributed by atoms with van der Waals surface area (Å²) >= 11 is 0. The van der Waals surface area contributed by atoms with Crippen molar-refractivity contribution >= 4 is 0 Å². The Balaban J connectivity index is 2.88. The van der Waals surface area contributed by atoms with Gasteiger partial charge in [0.15, 0.2) is 0 Å². The van der Waals surface area contributed by atoms with Crippen LogP contribution in [0.5, 0.6) is 0 Å². The van der Waals surface area contributed by atoms with Crippen LogP contribution in [0.4, 0.5) is 0 Å². The zero-order valence-electron chi connectivity index (χ0n) is 6.42. The highest BCUT2D eigenvalue weighted by Gasteiger charge is 1.95. The normalized spacial score (nSPS) is 17.4. The summed E-state index contributed by atoms with van der Waals surface area (Å²) in [7, 11) is 1.70. The molecule has 54 valence electrons. The van der Waals surface area contributed by atoms with E-state index < -0.39 is 0 Å². The minimum absolute atomic E-state index is 0.966. The Morgan fingerprint density at radius 2 is 2.00 bits per heavy atom. The molecule has 10 heavy (non-hydrogen) atoms. The lowest BCUT2D eigenvalue weighted by molar-refractivity contribution is 0.303. The first-order chi connectivity index (χ1) is 4.84.